The lowest BCUT2D eigenvalue weighted by atomic mass is 10.1. The lowest BCUT2D eigenvalue weighted by Crippen LogP contribution is -2.37. The molecule has 128 valence electrons. The standard InChI is InChI=1S/C15H24N6O.HI/c1-11(2)14-7-13(22-20-14)9-18-15(16-3)17-6-5-12-8-19-21(4)10-12;/h7-8,10-11H,5-6,9H2,1-4H3,(H2,16,17,18);1H. The maximum absolute atomic E-state index is 5.29. The molecular weight excluding hydrogens is 407 g/mol. The summed E-state index contributed by atoms with van der Waals surface area (Å²) in [6.07, 6.45) is 4.79. The van der Waals surface area contributed by atoms with Crippen molar-refractivity contribution < 1.29 is 4.52 Å². The van der Waals surface area contributed by atoms with Crippen molar-refractivity contribution in [1.82, 2.24) is 25.6 Å². The van der Waals surface area contributed by atoms with Gasteiger partial charge in [0.1, 0.15) is 0 Å². The van der Waals surface area contributed by atoms with Gasteiger partial charge in [-0.15, -0.1) is 24.0 Å². The van der Waals surface area contributed by atoms with E-state index in [1.165, 1.54) is 5.56 Å². The van der Waals surface area contributed by atoms with E-state index in [0.29, 0.717) is 12.5 Å². The molecule has 0 amide bonds. The highest BCUT2D eigenvalue weighted by Gasteiger charge is 2.08. The zero-order valence-electron chi connectivity index (χ0n) is 14.0. The Morgan fingerprint density at radius 2 is 2.17 bits per heavy atom. The number of aryl methyl sites for hydroxylation is 1. The summed E-state index contributed by atoms with van der Waals surface area (Å²) in [5.41, 5.74) is 2.17. The SMILES string of the molecule is CN=C(NCCc1cnn(C)c1)NCc1cc(C(C)C)no1.I. The maximum atomic E-state index is 5.29. The second-order valence-corrected chi connectivity index (χ2v) is 5.50. The van der Waals surface area contributed by atoms with Gasteiger partial charge in [0.25, 0.3) is 0 Å². The highest BCUT2D eigenvalue weighted by atomic mass is 127. The lowest BCUT2D eigenvalue weighted by molar-refractivity contribution is 0.372. The summed E-state index contributed by atoms with van der Waals surface area (Å²) in [5, 5.41) is 14.7. The van der Waals surface area contributed by atoms with Crippen LogP contribution in [0.15, 0.2) is 28.0 Å². The van der Waals surface area contributed by atoms with Gasteiger partial charge in [-0.3, -0.25) is 9.67 Å². The average Bonchev–Trinajstić information content (AvgIpc) is 3.11. The van der Waals surface area contributed by atoms with Crippen molar-refractivity contribution in [1.29, 1.82) is 0 Å². The van der Waals surface area contributed by atoms with Crippen LogP contribution in [0.5, 0.6) is 0 Å². The Labute approximate surface area is 153 Å². The molecule has 0 aromatic carbocycles. The van der Waals surface area contributed by atoms with E-state index in [9.17, 15) is 0 Å². The monoisotopic (exact) mass is 432 g/mol. The quantitative estimate of drug-likeness (QED) is 0.415. The number of guanidine groups is 1. The number of nitrogens with zero attached hydrogens (tertiary/aromatic N) is 4. The number of halogens is 1. The molecule has 0 unspecified atom stereocenters. The van der Waals surface area contributed by atoms with Gasteiger partial charge < -0.3 is 15.2 Å². The van der Waals surface area contributed by atoms with Crippen molar-refractivity contribution >= 4 is 29.9 Å². The number of hydrogen-bond donors (Lipinski definition) is 2. The normalized spacial score (nSPS) is 11.4. The first-order chi connectivity index (χ1) is 10.6. The number of hydrogen-bond acceptors (Lipinski definition) is 4. The molecule has 0 saturated carbocycles. The highest BCUT2D eigenvalue weighted by molar-refractivity contribution is 14.0. The molecule has 0 aliphatic carbocycles. The van der Waals surface area contributed by atoms with Crippen LogP contribution < -0.4 is 10.6 Å². The molecule has 2 rings (SSSR count). The van der Waals surface area contributed by atoms with Crippen LogP contribution in [0.2, 0.25) is 0 Å². The molecule has 0 saturated heterocycles. The Kier molecular flexibility index (Phi) is 8.07. The summed E-state index contributed by atoms with van der Waals surface area (Å²) < 4.78 is 7.10. The first kappa shape index (κ1) is 19.5. The Balaban J connectivity index is 0.00000264. The van der Waals surface area contributed by atoms with Gasteiger partial charge in [-0.25, -0.2) is 0 Å². The van der Waals surface area contributed by atoms with Crippen molar-refractivity contribution in [2.24, 2.45) is 12.0 Å². The van der Waals surface area contributed by atoms with Crippen LogP contribution in [0.3, 0.4) is 0 Å². The smallest absolute Gasteiger partial charge is 0.191 e. The van der Waals surface area contributed by atoms with Gasteiger partial charge in [0.05, 0.1) is 18.4 Å². The minimum atomic E-state index is 0. The molecule has 0 aliphatic rings. The summed E-state index contributed by atoms with van der Waals surface area (Å²) >= 11 is 0. The van der Waals surface area contributed by atoms with E-state index in [-0.39, 0.29) is 24.0 Å². The molecular formula is C15H25IN6O. The third-order valence-corrected chi connectivity index (χ3v) is 3.29. The molecule has 8 heteroatoms. The van der Waals surface area contributed by atoms with Crippen LogP contribution >= 0.6 is 24.0 Å². The average molecular weight is 432 g/mol. The summed E-state index contributed by atoms with van der Waals surface area (Å²) in [6, 6.07) is 1.97. The fourth-order valence-corrected chi connectivity index (χ4v) is 2.00. The molecule has 2 aromatic rings. The molecule has 0 fully saturated rings. The van der Waals surface area contributed by atoms with E-state index >= 15 is 0 Å². The third-order valence-electron chi connectivity index (χ3n) is 3.29. The van der Waals surface area contributed by atoms with Gasteiger partial charge in [0.2, 0.25) is 0 Å². The van der Waals surface area contributed by atoms with E-state index < -0.39 is 0 Å². The number of aliphatic imine (C=N–C) groups is 1. The number of rotatable bonds is 6. The van der Waals surface area contributed by atoms with Crippen LogP contribution in [0.1, 0.15) is 36.8 Å². The minimum absolute atomic E-state index is 0. The van der Waals surface area contributed by atoms with E-state index in [4.69, 9.17) is 4.52 Å². The Bertz CT molecular complexity index is 619. The molecule has 23 heavy (non-hydrogen) atoms. The van der Waals surface area contributed by atoms with Crippen molar-refractivity contribution in [3.8, 4) is 0 Å². The predicted molar refractivity (Wildman–Crippen MR) is 101 cm³/mol. The van der Waals surface area contributed by atoms with Crippen LogP contribution in [-0.2, 0) is 20.0 Å². The van der Waals surface area contributed by atoms with Gasteiger partial charge >= 0.3 is 0 Å². The third kappa shape index (κ3) is 6.20. The Hall–Kier alpha value is -1.58. The molecule has 2 aromatic heterocycles. The topological polar surface area (TPSA) is 80.3 Å². The van der Waals surface area contributed by atoms with Crippen molar-refractivity contribution in [3.63, 3.8) is 0 Å². The predicted octanol–water partition coefficient (Wildman–Crippen LogP) is 2.06. The molecule has 0 aliphatic heterocycles. The fourth-order valence-electron chi connectivity index (χ4n) is 2.00. The summed E-state index contributed by atoms with van der Waals surface area (Å²) in [6.45, 7) is 5.53. The molecule has 2 N–H and O–H groups in total. The number of aromatic nitrogens is 3. The zero-order valence-corrected chi connectivity index (χ0v) is 16.4. The molecule has 0 atom stereocenters. The summed E-state index contributed by atoms with van der Waals surface area (Å²) in [5.74, 6) is 1.92. The highest BCUT2D eigenvalue weighted by Crippen LogP contribution is 2.13. The number of nitrogens with one attached hydrogen (secondary N) is 2. The Morgan fingerprint density at radius 1 is 1.39 bits per heavy atom. The zero-order chi connectivity index (χ0) is 15.9. The molecule has 0 radical (unpaired) electrons. The van der Waals surface area contributed by atoms with Gasteiger partial charge in [0.15, 0.2) is 11.7 Å². The first-order valence-electron chi connectivity index (χ1n) is 7.46. The fraction of sp³-hybridized carbons (Fsp3) is 0.533. The van der Waals surface area contributed by atoms with Crippen LogP contribution in [0, 0.1) is 0 Å². The lowest BCUT2D eigenvalue weighted by Gasteiger charge is -2.09. The molecule has 0 spiro atoms. The van der Waals surface area contributed by atoms with Crippen molar-refractivity contribution in [2.45, 2.75) is 32.7 Å². The van der Waals surface area contributed by atoms with E-state index in [2.05, 4.69) is 39.7 Å². The van der Waals surface area contributed by atoms with Crippen molar-refractivity contribution in [2.75, 3.05) is 13.6 Å². The minimum Gasteiger partial charge on any atom is -0.359 e. The maximum Gasteiger partial charge on any atom is 0.191 e. The van der Waals surface area contributed by atoms with Crippen molar-refractivity contribution in [3.05, 3.63) is 35.5 Å². The second-order valence-electron chi connectivity index (χ2n) is 5.50. The Morgan fingerprint density at radius 3 is 2.74 bits per heavy atom. The van der Waals surface area contributed by atoms with E-state index in [0.717, 1.165) is 30.4 Å². The van der Waals surface area contributed by atoms with Crippen LogP contribution in [-0.4, -0.2) is 34.5 Å². The van der Waals surface area contributed by atoms with E-state index in [1.807, 2.05) is 25.5 Å². The van der Waals surface area contributed by atoms with Gasteiger partial charge in [-0.1, -0.05) is 19.0 Å². The van der Waals surface area contributed by atoms with Crippen LogP contribution in [0.25, 0.3) is 0 Å². The summed E-state index contributed by atoms with van der Waals surface area (Å²) in [4.78, 5) is 4.19. The second kappa shape index (κ2) is 9.53. The summed E-state index contributed by atoms with van der Waals surface area (Å²) in [7, 11) is 3.67. The van der Waals surface area contributed by atoms with Gasteiger partial charge in [-0.2, -0.15) is 5.10 Å². The van der Waals surface area contributed by atoms with Crippen LogP contribution in [0.4, 0.5) is 0 Å². The largest absolute Gasteiger partial charge is 0.359 e. The molecule has 7 nitrogen and oxygen atoms in total. The molecule has 0 bridgehead atoms. The van der Waals surface area contributed by atoms with E-state index in [1.54, 1.807) is 11.7 Å². The molecule has 2 heterocycles. The first-order valence-corrected chi connectivity index (χ1v) is 7.46. The van der Waals surface area contributed by atoms with Gasteiger partial charge in [0, 0.05) is 32.9 Å². The van der Waals surface area contributed by atoms with Gasteiger partial charge in [-0.05, 0) is 17.9 Å².